The van der Waals surface area contributed by atoms with E-state index in [1.807, 2.05) is 11.0 Å². The third-order valence-corrected chi connectivity index (χ3v) is 6.07. The first-order valence-corrected chi connectivity index (χ1v) is 10.4. The van der Waals surface area contributed by atoms with Gasteiger partial charge in [-0.25, -0.2) is 4.39 Å². The van der Waals surface area contributed by atoms with Crippen molar-refractivity contribution in [2.75, 3.05) is 39.9 Å². The lowest BCUT2D eigenvalue weighted by Gasteiger charge is -2.46. The van der Waals surface area contributed by atoms with Gasteiger partial charge in [0, 0.05) is 26.2 Å². The predicted molar refractivity (Wildman–Crippen MR) is 113 cm³/mol. The molecule has 2 heterocycles. The van der Waals surface area contributed by atoms with Crippen LogP contribution in [0.2, 0.25) is 0 Å². The van der Waals surface area contributed by atoms with Crippen molar-refractivity contribution in [1.82, 2.24) is 9.80 Å². The Morgan fingerprint density at radius 2 is 1.97 bits per heavy atom. The van der Waals surface area contributed by atoms with Gasteiger partial charge in [-0.15, -0.1) is 0 Å². The molecule has 2 unspecified atom stereocenters. The van der Waals surface area contributed by atoms with E-state index >= 15 is 0 Å². The van der Waals surface area contributed by atoms with Crippen molar-refractivity contribution in [1.29, 1.82) is 10.5 Å². The number of hydrogen-bond acceptors (Lipinski definition) is 6. The van der Waals surface area contributed by atoms with Crippen LogP contribution in [0.5, 0.6) is 5.75 Å². The van der Waals surface area contributed by atoms with Crippen molar-refractivity contribution in [3.63, 3.8) is 0 Å². The maximum atomic E-state index is 13.6. The van der Waals surface area contributed by atoms with Gasteiger partial charge < -0.3 is 14.4 Å². The molecule has 0 bridgehead atoms. The van der Waals surface area contributed by atoms with Gasteiger partial charge in [-0.05, 0) is 35.4 Å². The molecule has 164 valence electrons. The Hall–Kier alpha value is -3.46. The highest BCUT2D eigenvalue weighted by atomic mass is 19.1. The number of nitrogens with zero attached hydrogens (tertiary/aromatic N) is 4. The first-order chi connectivity index (χ1) is 15.5. The summed E-state index contributed by atoms with van der Waals surface area (Å²) in [6.07, 6.45) is 0.0115. The number of fused-ring (bicyclic) bond motifs is 1. The molecule has 0 aromatic heterocycles. The molecule has 0 spiro atoms. The molecule has 2 aromatic rings. The molecule has 2 aromatic carbocycles. The highest BCUT2D eigenvalue weighted by molar-refractivity contribution is 5.79. The molecule has 0 N–H and O–H groups in total. The number of piperazine rings is 1. The van der Waals surface area contributed by atoms with E-state index < -0.39 is 5.82 Å². The maximum Gasteiger partial charge on any atom is 0.227 e. The van der Waals surface area contributed by atoms with E-state index in [-0.39, 0.29) is 30.0 Å². The molecule has 2 atom stereocenters. The lowest BCUT2D eigenvalue weighted by atomic mass is 10.0. The second kappa shape index (κ2) is 9.35. The highest BCUT2D eigenvalue weighted by Crippen LogP contribution is 2.28. The average Bonchev–Trinajstić information content (AvgIpc) is 2.83. The lowest BCUT2D eigenvalue weighted by molar-refractivity contribution is -0.139. The molecule has 2 saturated heterocycles. The summed E-state index contributed by atoms with van der Waals surface area (Å²) in [5, 5.41) is 18.2. The summed E-state index contributed by atoms with van der Waals surface area (Å²) in [6, 6.07) is 13.7. The zero-order valence-electron chi connectivity index (χ0n) is 17.8. The van der Waals surface area contributed by atoms with Crippen LogP contribution in [0, 0.1) is 28.5 Å². The van der Waals surface area contributed by atoms with Crippen LogP contribution >= 0.6 is 0 Å². The van der Waals surface area contributed by atoms with E-state index in [1.165, 1.54) is 13.2 Å². The number of carbonyl (C=O) groups is 1. The Balaban J connectivity index is 1.37. The minimum Gasteiger partial charge on any atom is -0.495 e. The van der Waals surface area contributed by atoms with Gasteiger partial charge in [0.15, 0.2) is 0 Å². The molecule has 2 aliphatic rings. The monoisotopic (exact) mass is 434 g/mol. The van der Waals surface area contributed by atoms with Crippen molar-refractivity contribution < 1.29 is 18.7 Å². The third kappa shape index (κ3) is 4.43. The van der Waals surface area contributed by atoms with Crippen LogP contribution < -0.4 is 4.74 Å². The molecule has 2 aliphatic heterocycles. The van der Waals surface area contributed by atoms with Crippen LogP contribution in [0.1, 0.15) is 28.4 Å². The number of ether oxygens (including phenoxy) is 2. The second-order valence-electron chi connectivity index (χ2n) is 7.98. The molecular weight excluding hydrogens is 411 g/mol. The van der Waals surface area contributed by atoms with Crippen molar-refractivity contribution >= 4 is 5.91 Å². The molecule has 7 nitrogen and oxygen atoms in total. The van der Waals surface area contributed by atoms with Crippen LogP contribution in [0.4, 0.5) is 4.39 Å². The zero-order valence-corrected chi connectivity index (χ0v) is 17.8. The van der Waals surface area contributed by atoms with Gasteiger partial charge >= 0.3 is 0 Å². The number of benzene rings is 2. The van der Waals surface area contributed by atoms with Gasteiger partial charge in [0.25, 0.3) is 0 Å². The van der Waals surface area contributed by atoms with Crippen molar-refractivity contribution in [2.45, 2.75) is 18.6 Å². The smallest absolute Gasteiger partial charge is 0.227 e. The molecule has 0 saturated carbocycles. The molecule has 4 rings (SSSR count). The Labute approximate surface area is 186 Å². The summed E-state index contributed by atoms with van der Waals surface area (Å²) in [7, 11) is 1.50. The van der Waals surface area contributed by atoms with Gasteiger partial charge in [0.1, 0.15) is 23.7 Å². The summed E-state index contributed by atoms with van der Waals surface area (Å²) >= 11 is 0. The normalized spacial score (nSPS) is 20.7. The predicted octanol–water partition coefficient (Wildman–Crippen LogP) is 2.40. The maximum absolute atomic E-state index is 13.6. The fourth-order valence-corrected chi connectivity index (χ4v) is 4.27. The zero-order chi connectivity index (χ0) is 22.7. The largest absolute Gasteiger partial charge is 0.495 e. The first-order valence-electron chi connectivity index (χ1n) is 10.4. The van der Waals surface area contributed by atoms with E-state index in [9.17, 15) is 9.18 Å². The van der Waals surface area contributed by atoms with E-state index in [1.54, 1.807) is 30.3 Å². The summed E-state index contributed by atoms with van der Waals surface area (Å²) in [5.41, 5.74) is 2.05. The highest BCUT2D eigenvalue weighted by Gasteiger charge is 2.35. The minimum absolute atomic E-state index is 0.0167. The number of halogens is 1. The van der Waals surface area contributed by atoms with Gasteiger partial charge in [0.2, 0.25) is 5.91 Å². The van der Waals surface area contributed by atoms with Crippen LogP contribution in [0.15, 0.2) is 36.4 Å². The Morgan fingerprint density at radius 1 is 1.16 bits per heavy atom. The Morgan fingerprint density at radius 3 is 2.72 bits per heavy atom. The molecule has 0 aliphatic carbocycles. The van der Waals surface area contributed by atoms with Crippen LogP contribution in [-0.2, 0) is 16.0 Å². The van der Waals surface area contributed by atoms with Crippen molar-refractivity contribution in [2.24, 2.45) is 0 Å². The van der Waals surface area contributed by atoms with E-state index in [2.05, 4.69) is 11.0 Å². The molecule has 8 heteroatoms. The van der Waals surface area contributed by atoms with Crippen LogP contribution in [0.3, 0.4) is 0 Å². The molecule has 1 amide bonds. The molecular formula is C24H23FN4O3. The summed E-state index contributed by atoms with van der Waals surface area (Å²) in [6.45, 7) is 3.00. The number of rotatable bonds is 4. The SMILES string of the molecule is COc1cc(CC(=O)N2CCN3CC(c4ccc(F)c(C#N)c4)OCC3C2)ccc1C#N. The van der Waals surface area contributed by atoms with E-state index in [0.717, 1.165) is 17.7 Å². The Bertz CT molecular complexity index is 1110. The fraction of sp³-hybridized carbons (Fsp3) is 0.375. The van der Waals surface area contributed by atoms with Gasteiger partial charge in [-0.2, -0.15) is 10.5 Å². The molecule has 32 heavy (non-hydrogen) atoms. The average molecular weight is 434 g/mol. The second-order valence-corrected chi connectivity index (χ2v) is 7.98. The van der Waals surface area contributed by atoms with Crippen molar-refractivity contribution in [3.8, 4) is 17.9 Å². The van der Waals surface area contributed by atoms with Gasteiger partial charge in [-0.3, -0.25) is 9.69 Å². The molecule has 2 fully saturated rings. The minimum atomic E-state index is -0.531. The van der Waals surface area contributed by atoms with E-state index in [4.69, 9.17) is 20.0 Å². The number of hydrogen-bond donors (Lipinski definition) is 0. The number of methoxy groups -OCH3 is 1. The summed E-state index contributed by atoms with van der Waals surface area (Å²) < 4.78 is 24.9. The summed E-state index contributed by atoms with van der Waals surface area (Å²) in [5.74, 6) is -0.0395. The van der Waals surface area contributed by atoms with Crippen LogP contribution in [0.25, 0.3) is 0 Å². The Kier molecular flexibility index (Phi) is 6.36. The van der Waals surface area contributed by atoms with Crippen LogP contribution in [-0.4, -0.2) is 61.6 Å². The lowest BCUT2D eigenvalue weighted by Crippen LogP contribution is -2.59. The van der Waals surface area contributed by atoms with Gasteiger partial charge in [-0.1, -0.05) is 12.1 Å². The van der Waals surface area contributed by atoms with E-state index in [0.29, 0.717) is 37.6 Å². The van der Waals surface area contributed by atoms with Crippen molar-refractivity contribution in [3.05, 3.63) is 64.5 Å². The number of amides is 1. The summed E-state index contributed by atoms with van der Waals surface area (Å²) in [4.78, 5) is 17.0. The number of morpholine rings is 1. The molecule has 0 radical (unpaired) electrons. The topological polar surface area (TPSA) is 89.6 Å². The third-order valence-electron chi connectivity index (χ3n) is 6.07. The number of carbonyl (C=O) groups excluding carboxylic acids is 1. The number of nitriles is 2. The first kappa shape index (κ1) is 21.8. The van der Waals surface area contributed by atoms with Gasteiger partial charge in [0.05, 0.1) is 43.4 Å². The fourth-order valence-electron chi connectivity index (χ4n) is 4.27. The standard InChI is InChI=1S/C24H23FN4O3/c1-31-22-8-16(2-3-18(22)11-26)9-24(30)29-7-6-28-14-23(32-15-20(28)13-29)17-4-5-21(25)19(10-17)12-27/h2-5,8,10,20,23H,6-7,9,13-15H2,1H3. The quantitative estimate of drug-likeness (QED) is 0.734.